The van der Waals surface area contributed by atoms with Gasteiger partial charge >= 0.3 is 0 Å². The lowest BCUT2D eigenvalue weighted by Gasteiger charge is -2.53. The Kier molecular flexibility index (Phi) is 12.1. The molecule has 270 valence electrons. The van der Waals surface area contributed by atoms with Gasteiger partial charge in [0.1, 0.15) is 29.7 Å². The monoisotopic (exact) mass is 686 g/mol. The van der Waals surface area contributed by atoms with Gasteiger partial charge in [-0.05, 0) is 73.1 Å². The van der Waals surface area contributed by atoms with Gasteiger partial charge in [-0.2, -0.15) is 0 Å². The Morgan fingerprint density at radius 2 is 1.74 bits per heavy atom. The number of piperidine rings is 3. The molecule has 3 aromatic rings. The number of rotatable bonds is 18. The van der Waals surface area contributed by atoms with E-state index in [0.717, 1.165) is 54.6 Å². The van der Waals surface area contributed by atoms with Crippen molar-refractivity contribution in [3.8, 4) is 11.5 Å². The molecule has 1 aliphatic carbocycles. The number of aromatic hydroxyl groups is 1. The molecule has 0 spiro atoms. The lowest BCUT2D eigenvalue weighted by Crippen LogP contribution is -2.65. The van der Waals surface area contributed by atoms with E-state index in [1.165, 1.54) is 50.4 Å². The predicted molar refractivity (Wildman–Crippen MR) is 195 cm³/mol. The SMILES string of the molecule is C[C@H](Cc1ccc(OCCC[N+]23CCC(CC2)[C@@H](OC[C@@](O)(c2ccccc2)C2CCCC2)C3)cc1)NC[C@H](O)c1ccc(O)c(NC=O)c1. The van der Waals surface area contributed by atoms with E-state index in [4.69, 9.17) is 9.47 Å². The highest BCUT2D eigenvalue weighted by Gasteiger charge is 2.48. The van der Waals surface area contributed by atoms with Crippen molar-refractivity contribution in [3.05, 3.63) is 89.5 Å². The molecule has 4 aliphatic rings. The number of nitrogens with one attached hydrogen (secondary N) is 2. The van der Waals surface area contributed by atoms with E-state index in [1.807, 2.05) is 30.3 Å². The van der Waals surface area contributed by atoms with E-state index < -0.39 is 11.7 Å². The number of aliphatic hydroxyl groups is 2. The summed E-state index contributed by atoms with van der Waals surface area (Å²) < 4.78 is 14.0. The molecule has 4 fully saturated rings. The molecule has 4 atom stereocenters. The molecule has 0 aromatic heterocycles. The summed E-state index contributed by atoms with van der Waals surface area (Å²) in [6.07, 6.45) is 8.63. The first-order valence-corrected chi connectivity index (χ1v) is 18.7. The number of amides is 1. The second-order valence-corrected chi connectivity index (χ2v) is 15.1. The summed E-state index contributed by atoms with van der Waals surface area (Å²) in [5.41, 5.74) is 2.16. The van der Waals surface area contributed by atoms with Crippen LogP contribution in [0.3, 0.4) is 0 Å². The number of ether oxygens (including phenoxy) is 2. The molecular formula is C41H56N3O6+. The number of carbonyl (C=O) groups is 1. The average molecular weight is 687 g/mol. The summed E-state index contributed by atoms with van der Waals surface area (Å²) in [6, 6.07) is 23.3. The fourth-order valence-corrected chi connectivity index (χ4v) is 8.63. The van der Waals surface area contributed by atoms with Gasteiger partial charge < -0.3 is 39.9 Å². The molecular weight excluding hydrogens is 630 g/mol. The van der Waals surface area contributed by atoms with Crippen LogP contribution in [0.5, 0.6) is 11.5 Å². The molecule has 0 radical (unpaired) electrons. The quantitative estimate of drug-likeness (QED) is 0.0505. The van der Waals surface area contributed by atoms with Crippen LogP contribution in [0.25, 0.3) is 0 Å². The Hall–Kier alpha value is -3.47. The lowest BCUT2D eigenvalue weighted by molar-refractivity contribution is -0.946. The topological polar surface area (TPSA) is 120 Å². The van der Waals surface area contributed by atoms with Crippen LogP contribution in [-0.4, -0.2) is 84.3 Å². The predicted octanol–water partition coefficient (Wildman–Crippen LogP) is 5.69. The summed E-state index contributed by atoms with van der Waals surface area (Å²) in [7, 11) is 0. The Labute approximate surface area is 297 Å². The van der Waals surface area contributed by atoms with Crippen molar-refractivity contribution in [2.75, 3.05) is 51.3 Å². The largest absolute Gasteiger partial charge is 0.506 e. The third-order valence-electron chi connectivity index (χ3n) is 11.7. The van der Waals surface area contributed by atoms with Gasteiger partial charge in [-0.25, -0.2) is 0 Å². The maximum atomic E-state index is 12.0. The second kappa shape index (κ2) is 16.7. The van der Waals surface area contributed by atoms with Crippen molar-refractivity contribution >= 4 is 12.1 Å². The Balaban J connectivity index is 0.927. The first kappa shape index (κ1) is 36.3. The molecule has 9 heteroatoms. The van der Waals surface area contributed by atoms with Gasteiger partial charge in [-0.3, -0.25) is 4.79 Å². The fraction of sp³-hybridized carbons (Fsp3) is 0.537. The van der Waals surface area contributed by atoms with E-state index in [9.17, 15) is 20.1 Å². The summed E-state index contributed by atoms with van der Waals surface area (Å²) >= 11 is 0. The number of carbonyl (C=O) groups excluding carboxylic acids is 1. The number of phenolic OH excluding ortho intramolecular Hbond substituents is 1. The average Bonchev–Trinajstić information content (AvgIpc) is 3.70. The maximum absolute atomic E-state index is 12.0. The third-order valence-corrected chi connectivity index (χ3v) is 11.7. The molecule has 1 amide bonds. The number of quaternary nitrogens is 1. The zero-order valence-corrected chi connectivity index (χ0v) is 29.5. The van der Waals surface area contributed by atoms with Crippen LogP contribution in [-0.2, 0) is 21.6 Å². The number of anilines is 1. The summed E-state index contributed by atoms with van der Waals surface area (Å²) in [6.45, 7) is 8.04. The molecule has 9 nitrogen and oxygen atoms in total. The Bertz CT molecular complexity index is 1510. The molecule has 7 rings (SSSR count). The molecule has 1 saturated carbocycles. The van der Waals surface area contributed by atoms with Crippen LogP contribution < -0.4 is 15.4 Å². The van der Waals surface area contributed by atoms with E-state index >= 15 is 0 Å². The van der Waals surface area contributed by atoms with Crippen LogP contribution in [0.1, 0.15) is 74.7 Å². The van der Waals surface area contributed by atoms with Gasteiger partial charge in [-0.15, -0.1) is 0 Å². The van der Waals surface area contributed by atoms with E-state index in [0.29, 0.717) is 37.6 Å². The van der Waals surface area contributed by atoms with Crippen LogP contribution >= 0.6 is 0 Å². The van der Waals surface area contributed by atoms with Crippen molar-refractivity contribution < 1.29 is 34.1 Å². The molecule has 0 unspecified atom stereocenters. The van der Waals surface area contributed by atoms with Crippen LogP contribution in [0.4, 0.5) is 5.69 Å². The minimum atomic E-state index is -0.911. The van der Waals surface area contributed by atoms with Crippen LogP contribution in [0.15, 0.2) is 72.8 Å². The van der Waals surface area contributed by atoms with E-state index in [2.05, 4.69) is 41.8 Å². The minimum Gasteiger partial charge on any atom is -0.506 e. The first-order chi connectivity index (χ1) is 24.3. The van der Waals surface area contributed by atoms with E-state index in [-0.39, 0.29) is 29.5 Å². The Morgan fingerprint density at radius 1 is 1.00 bits per heavy atom. The minimum absolute atomic E-state index is 0.0418. The van der Waals surface area contributed by atoms with Gasteiger partial charge in [0, 0.05) is 37.8 Å². The highest BCUT2D eigenvalue weighted by atomic mass is 16.5. The van der Waals surface area contributed by atoms with Gasteiger partial charge in [0.25, 0.3) is 0 Å². The molecule has 3 aromatic carbocycles. The standard InChI is InChI=1S/C41H55N3O6/c1-30(42-26-39(47)33-14-17-38(46)37(25-33)43-29-45)24-31-12-15-36(16-13-31)49-23-7-20-44-21-18-32(19-22-44)40(27-44)50-28-41(48,35-10-5-6-11-35)34-8-3-2-4-9-34/h2-4,8-9,12-17,25,29-30,32,35,39-40,42,47-48H,5-7,10-11,18-24,26-28H2,1H3,(H-,43,45,46)/p+1/t30-,32?,39+,40+,41-,44?/m1/s1. The molecule has 5 N–H and O–H groups in total. The van der Waals surface area contributed by atoms with Crippen molar-refractivity contribution in [2.45, 2.75) is 82.1 Å². The summed E-state index contributed by atoms with van der Waals surface area (Å²) in [4.78, 5) is 10.8. The molecule has 50 heavy (non-hydrogen) atoms. The number of aliphatic hydroxyl groups excluding tert-OH is 1. The number of hydrogen-bond acceptors (Lipinski definition) is 7. The van der Waals surface area contributed by atoms with Gasteiger partial charge in [0.15, 0.2) is 0 Å². The molecule has 2 bridgehead atoms. The fourth-order valence-electron chi connectivity index (χ4n) is 8.63. The normalized spacial score (nSPS) is 24.4. The summed E-state index contributed by atoms with van der Waals surface area (Å²) in [5, 5.41) is 38.3. The highest BCUT2D eigenvalue weighted by Crippen LogP contribution is 2.42. The zero-order chi connectivity index (χ0) is 35.0. The maximum Gasteiger partial charge on any atom is 0.211 e. The van der Waals surface area contributed by atoms with Crippen molar-refractivity contribution in [3.63, 3.8) is 0 Å². The van der Waals surface area contributed by atoms with Gasteiger partial charge in [0.2, 0.25) is 6.41 Å². The number of phenols is 1. The number of fused-ring (bicyclic) bond motifs is 3. The Morgan fingerprint density at radius 3 is 2.46 bits per heavy atom. The third kappa shape index (κ3) is 8.87. The van der Waals surface area contributed by atoms with Gasteiger partial charge in [0.05, 0.1) is 44.6 Å². The lowest BCUT2D eigenvalue weighted by atomic mass is 9.80. The van der Waals surface area contributed by atoms with Crippen LogP contribution in [0.2, 0.25) is 0 Å². The molecule has 3 heterocycles. The van der Waals surface area contributed by atoms with Gasteiger partial charge in [-0.1, -0.05) is 61.4 Å². The summed E-state index contributed by atoms with van der Waals surface area (Å²) in [5.74, 6) is 1.69. The van der Waals surface area contributed by atoms with E-state index in [1.54, 1.807) is 12.1 Å². The highest BCUT2D eigenvalue weighted by molar-refractivity contribution is 5.75. The zero-order valence-electron chi connectivity index (χ0n) is 29.5. The smallest absolute Gasteiger partial charge is 0.211 e. The molecule has 3 aliphatic heterocycles. The number of benzene rings is 3. The van der Waals surface area contributed by atoms with Crippen molar-refractivity contribution in [2.24, 2.45) is 11.8 Å². The van der Waals surface area contributed by atoms with Crippen molar-refractivity contribution in [1.29, 1.82) is 0 Å². The van der Waals surface area contributed by atoms with Crippen LogP contribution in [0, 0.1) is 11.8 Å². The second-order valence-electron chi connectivity index (χ2n) is 15.1. The first-order valence-electron chi connectivity index (χ1n) is 18.7. The van der Waals surface area contributed by atoms with Crippen molar-refractivity contribution in [1.82, 2.24) is 5.32 Å². The molecule has 3 saturated heterocycles. The number of hydrogen-bond donors (Lipinski definition) is 5. The number of nitrogens with zero attached hydrogens (tertiary/aromatic N) is 1.